The van der Waals surface area contributed by atoms with Crippen molar-refractivity contribution >= 4 is 21.8 Å². The van der Waals surface area contributed by atoms with Crippen molar-refractivity contribution < 1.29 is 4.79 Å². The highest BCUT2D eigenvalue weighted by atomic mass is 79.9. The molecule has 1 saturated heterocycles. The lowest BCUT2D eigenvalue weighted by Crippen LogP contribution is -2.41. The van der Waals surface area contributed by atoms with E-state index in [1.165, 1.54) is 12.8 Å². The molecule has 3 rings (SSSR count). The van der Waals surface area contributed by atoms with Crippen LogP contribution in [0.1, 0.15) is 42.2 Å². The number of likely N-dealkylation sites (tertiary alicyclic amines) is 1. The van der Waals surface area contributed by atoms with Gasteiger partial charge in [-0.25, -0.2) is 0 Å². The molecule has 1 unspecified atom stereocenters. The van der Waals surface area contributed by atoms with Crippen LogP contribution in [0.4, 0.5) is 0 Å². The Kier molecular flexibility index (Phi) is 3.67. The van der Waals surface area contributed by atoms with E-state index in [1.54, 1.807) is 0 Å². The molecule has 1 aromatic rings. The molecule has 5 heteroatoms. The van der Waals surface area contributed by atoms with Crippen molar-refractivity contribution in [3.8, 4) is 0 Å². The van der Waals surface area contributed by atoms with E-state index >= 15 is 0 Å². The second-order valence-corrected chi connectivity index (χ2v) is 6.45. The van der Waals surface area contributed by atoms with Crippen molar-refractivity contribution in [2.45, 2.75) is 37.8 Å². The average molecular weight is 326 g/mol. The Bertz CT molecular complexity index is 481. The third kappa shape index (κ3) is 2.58. The van der Waals surface area contributed by atoms with Gasteiger partial charge in [0.15, 0.2) is 0 Å². The number of carbonyl (C=O) groups excluding carboxylic acids is 1. The minimum absolute atomic E-state index is 0.190. The third-order valence-electron chi connectivity index (χ3n) is 4.05. The van der Waals surface area contributed by atoms with Crippen molar-refractivity contribution in [3.63, 3.8) is 0 Å². The fourth-order valence-electron chi connectivity index (χ4n) is 2.97. The summed E-state index contributed by atoms with van der Waals surface area (Å²) in [5, 5.41) is 3.19. The first kappa shape index (κ1) is 13.2. The number of amides is 1. The lowest BCUT2D eigenvalue weighted by atomic mass is 10.2. The zero-order chi connectivity index (χ0) is 13.4. The maximum atomic E-state index is 12.8. The van der Waals surface area contributed by atoms with Crippen LogP contribution >= 0.6 is 15.9 Å². The number of nitrogens with one attached hydrogen (secondary N) is 1. The van der Waals surface area contributed by atoms with Crippen LogP contribution in [0.25, 0.3) is 0 Å². The second-order valence-electron chi connectivity index (χ2n) is 5.53. The van der Waals surface area contributed by atoms with Gasteiger partial charge in [-0.15, -0.1) is 0 Å². The van der Waals surface area contributed by atoms with E-state index in [1.807, 2.05) is 24.2 Å². The van der Waals surface area contributed by atoms with E-state index in [4.69, 9.17) is 0 Å². The van der Waals surface area contributed by atoms with Gasteiger partial charge in [-0.2, -0.15) is 0 Å². The molecule has 1 saturated carbocycles. The molecular formula is C14H20BrN3O. The van der Waals surface area contributed by atoms with Gasteiger partial charge in [-0.1, -0.05) is 0 Å². The van der Waals surface area contributed by atoms with Crippen LogP contribution in [0.5, 0.6) is 0 Å². The predicted octanol–water partition coefficient (Wildman–Crippen LogP) is 2.41. The Labute approximate surface area is 122 Å². The molecule has 19 heavy (non-hydrogen) atoms. The van der Waals surface area contributed by atoms with E-state index < -0.39 is 0 Å². The number of rotatable bonds is 4. The number of nitrogens with zero attached hydrogens (tertiary/aromatic N) is 2. The Morgan fingerprint density at radius 2 is 2.26 bits per heavy atom. The minimum atomic E-state index is 0.190. The summed E-state index contributed by atoms with van der Waals surface area (Å²) in [5.74, 6) is 0.190. The van der Waals surface area contributed by atoms with Crippen LogP contribution in [-0.4, -0.2) is 41.6 Å². The van der Waals surface area contributed by atoms with E-state index in [0.717, 1.165) is 36.1 Å². The third-order valence-corrected chi connectivity index (χ3v) is 4.49. The number of hydrogen-bond donors (Lipinski definition) is 1. The number of likely N-dealkylation sites (N-methyl/N-ethyl adjacent to an activating group) is 1. The highest BCUT2D eigenvalue weighted by Gasteiger charge is 2.33. The maximum absolute atomic E-state index is 12.8. The van der Waals surface area contributed by atoms with Gasteiger partial charge in [-0.3, -0.25) is 4.79 Å². The molecule has 2 fully saturated rings. The molecule has 104 valence electrons. The molecule has 1 aromatic heterocycles. The van der Waals surface area contributed by atoms with Crippen molar-refractivity contribution in [2.75, 3.05) is 20.1 Å². The van der Waals surface area contributed by atoms with Gasteiger partial charge in [-0.05, 0) is 54.7 Å². The molecule has 2 aliphatic rings. The van der Waals surface area contributed by atoms with Crippen LogP contribution in [0.2, 0.25) is 0 Å². The zero-order valence-electron chi connectivity index (χ0n) is 11.2. The number of hydrogen-bond acceptors (Lipinski definition) is 2. The minimum Gasteiger partial charge on any atom is -0.339 e. The van der Waals surface area contributed by atoms with Crippen molar-refractivity contribution in [1.29, 1.82) is 0 Å². The molecule has 1 aliphatic carbocycles. The summed E-state index contributed by atoms with van der Waals surface area (Å²) in [6.45, 7) is 1.77. The van der Waals surface area contributed by atoms with Gasteiger partial charge < -0.3 is 14.8 Å². The Hall–Kier alpha value is -0.810. The summed E-state index contributed by atoms with van der Waals surface area (Å²) in [6, 6.07) is 2.85. The van der Waals surface area contributed by atoms with Gasteiger partial charge in [0.2, 0.25) is 0 Å². The first-order valence-corrected chi connectivity index (χ1v) is 7.83. The lowest BCUT2D eigenvalue weighted by molar-refractivity contribution is 0.0726. The van der Waals surface area contributed by atoms with Gasteiger partial charge in [0.1, 0.15) is 5.69 Å². The topological polar surface area (TPSA) is 37.3 Å². The standard InChI is InChI=1S/C14H20BrN3O/c1-16-8-12-3-2-6-17(12)14(19)13-7-10(15)9-18(13)11-4-5-11/h7,9,11-12,16H,2-6,8H2,1H3. The highest BCUT2D eigenvalue weighted by Crippen LogP contribution is 2.38. The summed E-state index contributed by atoms with van der Waals surface area (Å²) in [4.78, 5) is 14.8. The SMILES string of the molecule is CNCC1CCCN1C(=O)c1cc(Br)cn1C1CC1. The first-order valence-electron chi connectivity index (χ1n) is 7.03. The zero-order valence-corrected chi connectivity index (χ0v) is 12.8. The number of carbonyl (C=O) groups is 1. The van der Waals surface area contributed by atoms with Crippen LogP contribution in [0, 0.1) is 0 Å². The average Bonchev–Trinajstić information content (AvgIpc) is 3.01. The molecule has 0 bridgehead atoms. The summed E-state index contributed by atoms with van der Waals surface area (Å²) in [5.41, 5.74) is 0.845. The number of aromatic nitrogens is 1. The summed E-state index contributed by atoms with van der Waals surface area (Å²) >= 11 is 3.50. The fraction of sp³-hybridized carbons (Fsp3) is 0.643. The van der Waals surface area contributed by atoms with Gasteiger partial charge in [0.25, 0.3) is 5.91 Å². The first-order chi connectivity index (χ1) is 9.20. The van der Waals surface area contributed by atoms with Gasteiger partial charge >= 0.3 is 0 Å². The summed E-state index contributed by atoms with van der Waals surface area (Å²) < 4.78 is 3.16. The van der Waals surface area contributed by atoms with Crippen LogP contribution in [0.15, 0.2) is 16.7 Å². The summed E-state index contributed by atoms with van der Waals surface area (Å²) in [7, 11) is 1.95. The van der Waals surface area contributed by atoms with Crippen molar-refractivity contribution in [2.24, 2.45) is 0 Å². The van der Waals surface area contributed by atoms with Crippen LogP contribution < -0.4 is 5.32 Å². The normalized spacial score (nSPS) is 23.1. The molecular weight excluding hydrogens is 306 g/mol. The summed E-state index contributed by atoms with van der Waals surface area (Å²) in [6.07, 6.45) is 6.66. The Morgan fingerprint density at radius 3 is 2.95 bits per heavy atom. The molecule has 4 nitrogen and oxygen atoms in total. The quantitative estimate of drug-likeness (QED) is 0.923. The molecule has 1 N–H and O–H groups in total. The predicted molar refractivity (Wildman–Crippen MR) is 78.4 cm³/mol. The molecule has 0 spiro atoms. The molecule has 1 atom stereocenters. The smallest absolute Gasteiger partial charge is 0.270 e. The molecule has 1 amide bonds. The maximum Gasteiger partial charge on any atom is 0.270 e. The highest BCUT2D eigenvalue weighted by molar-refractivity contribution is 9.10. The lowest BCUT2D eigenvalue weighted by Gasteiger charge is -2.25. The van der Waals surface area contributed by atoms with Crippen molar-refractivity contribution in [3.05, 3.63) is 22.4 Å². The van der Waals surface area contributed by atoms with Crippen molar-refractivity contribution in [1.82, 2.24) is 14.8 Å². The molecule has 1 aliphatic heterocycles. The van der Waals surface area contributed by atoms with E-state index in [9.17, 15) is 4.79 Å². The largest absolute Gasteiger partial charge is 0.339 e. The monoisotopic (exact) mass is 325 g/mol. The van der Waals surface area contributed by atoms with Gasteiger partial charge in [0, 0.05) is 35.8 Å². The second kappa shape index (κ2) is 5.29. The van der Waals surface area contributed by atoms with E-state index in [0.29, 0.717) is 12.1 Å². The van der Waals surface area contributed by atoms with Gasteiger partial charge in [0.05, 0.1) is 0 Å². The fourth-order valence-corrected chi connectivity index (χ4v) is 3.41. The van der Waals surface area contributed by atoms with E-state index in [2.05, 4.69) is 25.8 Å². The Balaban J connectivity index is 1.83. The molecule has 2 heterocycles. The van der Waals surface area contributed by atoms with E-state index in [-0.39, 0.29) is 5.91 Å². The Morgan fingerprint density at radius 1 is 1.47 bits per heavy atom. The number of halogens is 1. The van der Waals surface area contributed by atoms with Crippen LogP contribution in [0.3, 0.4) is 0 Å². The molecule has 0 aromatic carbocycles. The molecule has 0 radical (unpaired) electrons. The van der Waals surface area contributed by atoms with Crippen LogP contribution in [-0.2, 0) is 0 Å².